The Kier molecular flexibility index (Phi) is 4.00. The summed E-state index contributed by atoms with van der Waals surface area (Å²) in [4.78, 5) is 11.0. The Morgan fingerprint density at radius 1 is 1.10 bits per heavy atom. The molecule has 0 radical (unpaired) electrons. The van der Waals surface area contributed by atoms with Crippen LogP contribution in [0.4, 0.5) is 0 Å². The van der Waals surface area contributed by atoms with Crippen molar-refractivity contribution in [2.75, 3.05) is 26.2 Å². The van der Waals surface area contributed by atoms with Gasteiger partial charge in [0.15, 0.2) is 0 Å². The summed E-state index contributed by atoms with van der Waals surface area (Å²) < 4.78 is 0. The van der Waals surface area contributed by atoms with E-state index < -0.39 is 0 Å². The Balaban J connectivity index is 1.98. The molecule has 1 aliphatic rings. The molecule has 1 aromatic heterocycles. The van der Waals surface area contributed by atoms with Crippen LogP contribution in [0.25, 0.3) is 11.0 Å². The molecule has 0 aliphatic carbocycles. The average Bonchev–Trinajstić information content (AvgIpc) is 2.82. The fourth-order valence-electron chi connectivity index (χ4n) is 3.30. The highest BCUT2D eigenvalue weighted by atomic mass is 15.2. The van der Waals surface area contributed by atoms with Crippen LogP contribution in [0.15, 0.2) is 12.1 Å². The van der Waals surface area contributed by atoms with Crippen LogP contribution in [0.2, 0.25) is 0 Å². The van der Waals surface area contributed by atoms with Crippen LogP contribution in [0.3, 0.4) is 0 Å². The molecule has 21 heavy (non-hydrogen) atoms. The Hall–Kier alpha value is -1.39. The second-order valence-corrected chi connectivity index (χ2v) is 6.55. The zero-order chi connectivity index (χ0) is 15.0. The zero-order valence-corrected chi connectivity index (χ0v) is 13.5. The summed E-state index contributed by atoms with van der Waals surface area (Å²) in [6.07, 6.45) is 0. The molecule has 3 rings (SSSR count). The number of nitrogens with zero attached hydrogens (tertiary/aromatic N) is 2. The van der Waals surface area contributed by atoms with Gasteiger partial charge in [-0.05, 0) is 43.0 Å². The maximum atomic E-state index is 4.89. The Morgan fingerprint density at radius 2 is 1.76 bits per heavy atom. The third-order valence-electron chi connectivity index (χ3n) is 4.57. The number of piperazine rings is 1. The van der Waals surface area contributed by atoms with Crippen molar-refractivity contribution in [2.45, 2.75) is 33.7 Å². The highest BCUT2D eigenvalue weighted by molar-refractivity contribution is 5.77. The number of aryl methyl sites for hydroxylation is 2. The van der Waals surface area contributed by atoms with E-state index in [0.717, 1.165) is 43.0 Å². The van der Waals surface area contributed by atoms with Crippen molar-refractivity contribution < 1.29 is 0 Å². The fraction of sp³-hybridized carbons (Fsp3) is 0.588. The maximum Gasteiger partial charge on any atom is 0.124 e. The summed E-state index contributed by atoms with van der Waals surface area (Å²) in [5, 5.41) is 3.43. The molecule has 4 nitrogen and oxygen atoms in total. The first-order valence-electron chi connectivity index (χ1n) is 7.98. The van der Waals surface area contributed by atoms with Gasteiger partial charge >= 0.3 is 0 Å². The number of H-pyrrole nitrogens is 1. The van der Waals surface area contributed by atoms with Crippen molar-refractivity contribution in [2.24, 2.45) is 5.92 Å². The molecule has 4 heteroatoms. The van der Waals surface area contributed by atoms with Gasteiger partial charge in [0.2, 0.25) is 0 Å². The smallest absolute Gasteiger partial charge is 0.124 e. The molecule has 0 amide bonds. The van der Waals surface area contributed by atoms with Crippen LogP contribution >= 0.6 is 0 Å². The highest BCUT2D eigenvalue weighted by Gasteiger charge is 2.27. The quantitative estimate of drug-likeness (QED) is 0.912. The predicted molar refractivity (Wildman–Crippen MR) is 87.6 cm³/mol. The van der Waals surface area contributed by atoms with Crippen LogP contribution in [0.5, 0.6) is 0 Å². The highest BCUT2D eigenvalue weighted by Crippen LogP contribution is 2.29. The molecule has 2 aromatic rings. The SMILES string of the molecule is Cc1cc2nc(C(C(C)C)N3CCNCC3)[nH]c2cc1C. The van der Waals surface area contributed by atoms with Gasteiger partial charge in [-0.2, -0.15) is 0 Å². The van der Waals surface area contributed by atoms with E-state index in [2.05, 4.69) is 55.0 Å². The lowest BCUT2D eigenvalue weighted by atomic mass is 10.0. The largest absolute Gasteiger partial charge is 0.341 e. The minimum atomic E-state index is 0.375. The van der Waals surface area contributed by atoms with E-state index in [0.29, 0.717) is 12.0 Å². The minimum absolute atomic E-state index is 0.375. The molecule has 0 bridgehead atoms. The lowest BCUT2D eigenvalue weighted by molar-refractivity contribution is 0.131. The van der Waals surface area contributed by atoms with Gasteiger partial charge in [0.05, 0.1) is 17.1 Å². The van der Waals surface area contributed by atoms with E-state index in [4.69, 9.17) is 4.98 Å². The van der Waals surface area contributed by atoms with Gasteiger partial charge in [-0.25, -0.2) is 4.98 Å². The Bertz CT molecular complexity index is 584. The van der Waals surface area contributed by atoms with E-state index in [1.54, 1.807) is 0 Å². The van der Waals surface area contributed by atoms with E-state index in [9.17, 15) is 0 Å². The number of fused-ring (bicyclic) bond motifs is 1. The first-order chi connectivity index (χ1) is 10.1. The van der Waals surface area contributed by atoms with Crippen molar-refractivity contribution >= 4 is 11.0 Å². The summed E-state index contributed by atoms with van der Waals surface area (Å²) >= 11 is 0. The molecule has 1 saturated heterocycles. The Morgan fingerprint density at radius 3 is 2.43 bits per heavy atom. The number of aromatic nitrogens is 2. The number of aromatic amines is 1. The molecule has 1 aliphatic heterocycles. The summed E-state index contributed by atoms with van der Waals surface area (Å²) in [7, 11) is 0. The number of rotatable bonds is 3. The fourth-order valence-corrected chi connectivity index (χ4v) is 3.30. The number of nitrogens with one attached hydrogen (secondary N) is 2. The van der Waals surface area contributed by atoms with E-state index in [-0.39, 0.29) is 0 Å². The number of hydrogen-bond acceptors (Lipinski definition) is 3. The van der Waals surface area contributed by atoms with Gasteiger partial charge in [0.25, 0.3) is 0 Å². The number of imidazole rings is 1. The number of benzene rings is 1. The van der Waals surface area contributed by atoms with Crippen molar-refractivity contribution in [1.29, 1.82) is 0 Å². The number of hydrogen-bond donors (Lipinski definition) is 2. The van der Waals surface area contributed by atoms with Crippen LogP contribution in [0, 0.1) is 19.8 Å². The first kappa shape index (κ1) is 14.5. The third kappa shape index (κ3) is 2.83. The van der Waals surface area contributed by atoms with Gasteiger partial charge in [0, 0.05) is 26.2 Å². The first-order valence-corrected chi connectivity index (χ1v) is 7.98. The van der Waals surface area contributed by atoms with E-state index in [1.165, 1.54) is 11.1 Å². The van der Waals surface area contributed by atoms with Crippen molar-refractivity contribution in [3.63, 3.8) is 0 Å². The molecule has 1 unspecified atom stereocenters. The summed E-state index contributed by atoms with van der Waals surface area (Å²) in [6.45, 7) is 13.2. The molecular weight excluding hydrogens is 260 g/mol. The van der Waals surface area contributed by atoms with Crippen LogP contribution in [-0.2, 0) is 0 Å². The predicted octanol–water partition coefficient (Wildman–Crippen LogP) is 2.78. The normalized spacial score (nSPS) is 18.5. The Labute approximate surface area is 126 Å². The molecule has 0 saturated carbocycles. The van der Waals surface area contributed by atoms with Gasteiger partial charge in [-0.3, -0.25) is 4.90 Å². The monoisotopic (exact) mass is 286 g/mol. The van der Waals surface area contributed by atoms with E-state index >= 15 is 0 Å². The van der Waals surface area contributed by atoms with Gasteiger partial charge in [-0.1, -0.05) is 13.8 Å². The van der Waals surface area contributed by atoms with Crippen molar-refractivity contribution in [3.8, 4) is 0 Å². The third-order valence-corrected chi connectivity index (χ3v) is 4.57. The lowest BCUT2D eigenvalue weighted by Crippen LogP contribution is -2.46. The molecular formula is C17H26N4. The average molecular weight is 286 g/mol. The molecule has 1 aromatic carbocycles. The topological polar surface area (TPSA) is 44.0 Å². The zero-order valence-electron chi connectivity index (χ0n) is 13.5. The van der Waals surface area contributed by atoms with Gasteiger partial charge < -0.3 is 10.3 Å². The van der Waals surface area contributed by atoms with Gasteiger partial charge in [-0.15, -0.1) is 0 Å². The molecule has 114 valence electrons. The summed E-state index contributed by atoms with van der Waals surface area (Å²) in [6, 6.07) is 4.79. The molecule has 2 heterocycles. The van der Waals surface area contributed by atoms with Crippen LogP contribution in [0.1, 0.15) is 36.8 Å². The summed E-state index contributed by atoms with van der Waals surface area (Å²) in [5.74, 6) is 1.66. The lowest BCUT2D eigenvalue weighted by Gasteiger charge is -2.36. The van der Waals surface area contributed by atoms with Crippen molar-refractivity contribution in [1.82, 2.24) is 20.2 Å². The molecule has 0 spiro atoms. The molecule has 1 fully saturated rings. The van der Waals surface area contributed by atoms with Crippen molar-refractivity contribution in [3.05, 3.63) is 29.1 Å². The van der Waals surface area contributed by atoms with Gasteiger partial charge in [0.1, 0.15) is 5.82 Å². The molecule has 1 atom stereocenters. The minimum Gasteiger partial charge on any atom is -0.341 e. The van der Waals surface area contributed by atoms with Crippen LogP contribution in [-0.4, -0.2) is 41.0 Å². The second kappa shape index (κ2) is 5.78. The van der Waals surface area contributed by atoms with E-state index in [1.807, 2.05) is 0 Å². The standard InChI is InChI=1S/C17H26N4/c1-11(2)16(21-7-5-18-6-8-21)17-19-14-9-12(3)13(4)10-15(14)20-17/h9-11,16,18H,5-8H2,1-4H3,(H,19,20). The second-order valence-electron chi connectivity index (χ2n) is 6.55. The summed E-state index contributed by atoms with van der Waals surface area (Å²) in [5.41, 5.74) is 4.88. The maximum absolute atomic E-state index is 4.89. The van der Waals surface area contributed by atoms with Crippen LogP contribution < -0.4 is 5.32 Å². The molecule has 2 N–H and O–H groups in total.